The van der Waals surface area contributed by atoms with Crippen molar-refractivity contribution in [2.75, 3.05) is 19.6 Å². The second-order valence-corrected chi connectivity index (χ2v) is 5.57. The van der Waals surface area contributed by atoms with Crippen LogP contribution in [0.5, 0.6) is 0 Å². The van der Waals surface area contributed by atoms with E-state index in [2.05, 4.69) is 18.7 Å². The maximum absolute atomic E-state index is 9.37. The summed E-state index contributed by atoms with van der Waals surface area (Å²) in [6.45, 7) is 9.50. The molecule has 1 rings (SSSR count). The lowest BCUT2D eigenvalue weighted by Crippen LogP contribution is -2.59. The molecule has 1 fully saturated rings. The van der Waals surface area contributed by atoms with Gasteiger partial charge in [-0.05, 0) is 25.2 Å². The third-order valence-electron chi connectivity index (χ3n) is 3.77. The van der Waals surface area contributed by atoms with Crippen LogP contribution in [0.2, 0.25) is 0 Å². The van der Waals surface area contributed by atoms with Crippen molar-refractivity contribution >= 4 is 0 Å². The average molecular weight is 228 g/mol. The Labute approximate surface area is 100 Å². The molecule has 3 heteroatoms. The van der Waals surface area contributed by atoms with Gasteiger partial charge in [0, 0.05) is 25.7 Å². The number of hydrogen-bond donors (Lipinski definition) is 2. The van der Waals surface area contributed by atoms with Crippen LogP contribution in [0.15, 0.2) is 0 Å². The third kappa shape index (κ3) is 3.44. The van der Waals surface area contributed by atoms with Crippen LogP contribution < -0.4 is 5.73 Å². The second kappa shape index (κ2) is 5.99. The smallest absolute Gasteiger partial charge is 0.0675 e. The maximum atomic E-state index is 9.37. The van der Waals surface area contributed by atoms with Gasteiger partial charge in [-0.1, -0.05) is 26.7 Å². The number of nitrogens with zero attached hydrogens (tertiary/aromatic N) is 1. The normalized spacial score (nSPS) is 23.8. The van der Waals surface area contributed by atoms with Crippen LogP contribution >= 0.6 is 0 Å². The number of rotatable bonds is 7. The molecule has 16 heavy (non-hydrogen) atoms. The molecule has 96 valence electrons. The highest BCUT2D eigenvalue weighted by molar-refractivity contribution is 4.95. The molecule has 1 heterocycles. The van der Waals surface area contributed by atoms with Gasteiger partial charge in [-0.2, -0.15) is 0 Å². The Bertz CT molecular complexity index is 192. The van der Waals surface area contributed by atoms with E-state index >= 15 is 0 Å². The van der Waals surface area contributed by atoms with Gasteiger partial charge in [-0.3, -0.25) is 0 Å². The maximum Gasteiger partial charge on any atom is 0.0675 e. The summed E-state index contributed by atoms with van der Waals surface area (Å²) in [6, 6.07) is -0.0961. The molecule has 3 nitrogen and oxygen atoms in total. The Morgan fingerprint density at radius 2 is 1.75 bits per heavy atom. The predicted molar refractivity (Wildman–Crippen MR) is 68.3 cm³/mol. The highest BCUT2D eigenvalue weighted by Gasteiger charge is 2.41. The molecule has 1 aliphatic rings. The van der Waals surface area contributed by atoms with Crippen molar-refractivity contribution in [3.8, 4) is 0 Å². The van der Waals surface area contributed by atoms with E-state index in [1.807, 2.05) is 0 Å². The van der Waals surface area contributed by atoms with Crippen LogP contribution in [0.3, 0.4) is 0 Å². The fraction of sp³-hybridized carbons (Fsp3) is 1.00. The minimum atomic E-state index is -0.396. The number of likely N-dealkylation sites (tertiary alicyclic amines) is 1. The van der Waals surface area contributed by atoms with Crippen molar-refractivity contribution < 1.29 is 5.11 Å². The van der Waals surface area contributed by atoms with Gasteiger partial charge >= 0.3 is 0 Å². The van der Waals surface area contributed by atoms with Crippen LogP contribution in [0.1, 0.15) is 46.5 Å². The molecule has 0 radical (unpaired) electrons. The van der Waals surface area contributed by atoms with Crippen molar-refractivity contribution in [2.24, 2.45) is 11.1 Å². The zero-order valence-corrected chi connectivity index (χ0v) is 11.1. The SMILES string of the molecule is CCCC1(CCC)CN(CC(N)C(C)O)C1. The van der Waals surface area contributed by atoms with Gasteiger partial charge in [-0.15, -0.1) is 0 Å². The number of nitrogens with two attached hydrogens (primary N) is 1. The fourth-order valence-electron chi connectivity index (χ4n) is 2.98. The van der Waals surface area contributed by atoms with Gasteiger partial charge in [0.25, 0.3) is 0 Å². The fourth-order valence-corrected chi connectivity index (χ4v) is 2.98. The summed E-state index contributed by atoms with van der Waals surface area (Å²) in [4.78, 5) is 2.39. The van der Waals surface area contributed by atoms with Crippen LogP contribution in [0.25, 0.3) is 0 Å². The topological polar surface area (TPSA) is 49.5 Å². The summed E-state index contributed by atoms with van der Waals surface area (Å²) >= 11 is 0. The molecule has 2 atom stereocenters. The molecule has 2 unspecified atom stereocenters. The first kappa shape index (κ1) is 13.9. The summed E-state index contributed by atoms with van der Waals surface area (Å²) < 4.78 is 0. The minimum Gasteiger partial charge on any atom is -0.392 e. The van der Waals surface area contributed by atoms with E-state index in [0.29, 0.717) is 5.41 Å². The van der Waals surface area contributed by atoms with Crippen molar-refractivity contribution in [2.45, 2.75) is 58.6 Å². The molecule has 3 N–H and O–H groups in total. The minimum absolute atomic E-state index is 0.0961. The molecular weight excluding hydrogens is 200 g/mol. The van der Waals surface area contributed by atoms with E-state index in [1.54, 1.807) is 6.92 Å². The van der Waals surface area contributed by atoms with Crippen LogP contribution in [0, 0.1) is 5.41 Å². The number of aliphatic hydroxyl groups is 1. The summed E-state index contributed by atoms with van der Waals surface area (Å²) in [5.74, 6) is 0. The molecule has 0 aromatic carbocycles. The zero-order chi connectivity index (χ0) is 12.2. The van der Waals surface area contributed by atoms with Gasteiger partial charge < -0.3 is 15.7 Å². The van der Waals surface area contributed by atoms with Crippen LogP contribution in [-0.4, -0.2) is 41.8 Å². The molecular formula is C13H28N2O. The van der Waals surface area contributed by atoms with E-state index in [9.17, 15) is 5.11 Å². The summed E-state index contributed by atoms with van der Waals surface area (Å²) in [5, 5.41) is 9.37. The van der Waals surface area contributed by atoms with E-state index in [0.717, 1.165) is 6.54 Å². The van der Waals surface area contributed by atoms with Gasteiger partial charge in [-0.25, -0.2) is 0 Å². The largest absolute Gasteiger partial charge is 0.392 e. The monoisotopic (exact) mass is 228 g/mol. The molecule has 0 aromatic heterocycles. The quantitative estimate of drug-likeness (QED) is 0.696. The summed E-state index contributed by atoms with van der Waals surface area (Å²) in [7, 11) is 0. The predicted octanol–water partition coefficient (Wildman–Crippen LogP) is 1.60. The molecule has 0 spiro atoms. The summed E-state index contributed by atoms with van der Waals surface area (Å²) in [6.07, 6.45) is 4.82. The molecule has 0 amide bonds. The standard InChI is InChI=1S/C13H28N2O/c1-4-6-13(7-5-2)9-15(10-13)8-12(14)11(3)16/h11-12,16H,4-10,14H2,1-3H3. The highest BCUT2D eigenvalue weighted by atomic mass is 16.3. The lowest BCUT2D eigenvalue weighted by molar-refractivity contribution is -0.0257. The Morgan fingerprint density at radius 3 is 2.12 bits per heavy atom. The molecule has 1 aliphatic heterocycles. The highest BCUT2D eigenvalue weighted by Crippen LogP contribution is 2.39. The molecule has 0 aromatic rings. The van der Waals surface area contributed by atoms with E-state index in [4.69, 9.17) is 5.73 Å². The van der Waals surface area contributed by atoms with Crippen molar-refractivity contribution in [3.05, 3.63) is 0 Å². The number of hydrogen-bond acceptors (Lipinski definition) is 3. The molecule has 0 bridgehead atoms. The zero-order valence-electron chi connectivity index (χ0n) is 11.1. The average Bonchev–Trinajstić information content (AvgIpc) is 2.15. The Hall–Kier alpha value is -0.120. The Morgan fingerprint density at radius 1 is 1.25 bits per heavy atom. The third-order valence-corrected chi connectivity index (χ3v) is 3.77. The van der Waals surface area contributed by atoms with Crippen LogP contribution in [0.4, 0.5) is 0 Å². The lowest BCUT2D eigenvalue weighted by atomic mass is 9.72. The first-order valence-corrected chi connectivity index (χ1v) is 6.69. The summed E-state index contributed by atoms with van der Waals surface area (Å²) in [5.41, 5.74) is 6.43. The van der Waals surface area contributed by atoms with Crippen molar-refractivity contribution in [1.82, 2.24) is 4.90 Å². The van der Waals surface area contributed by atoms with Gasteiger partial charge in [0.1, 0.15) is 0 Å². The Balaban J connectivity index is 2.32. The van der Waals surface area contributed by atoms with E-state index in [-0.39, 0.29) is 6.04 Å². The second-order valence-electron chi connectivity index (χ2n) is 5.57. The lowest BCUT2D eigenvalue weighted by Gasteiger charge is -2.51. The van der Waals surface area contributed by atoms with Crippen molar-refractivity contribution in [3.63, 3.8) is 0 Å². The van der Waals surface area contributed by atoms with Gasteiger partial charge in [0.15, 0.2) is 0 Å². The van der Waals surface area contributed by atoms with Crippen molar-refractivity contribution in [1.29, 1.82) is 0 Å². The van der Waals surface area contributed by atoms with Crippen LogP contribution in [-0.2, 0) is 0 Å². The number of aliphatic hydroxyl groups excluding tert-OH is 1. The first-order chi connectivity index (χ1) is 7.53. The molecule has 0 saturated carbocycles. The van der Waals surface area contributed by atoms with E-state index in [1.165, 1.54) is 38.8 Å². The van der Waals surface area contributed by atoms with E-state index < -0.39 is 6.10 Å². The first-order valence-electron chi connectivity index (χ1n) is 6.69. The molecule has 0 aliphatic carbocycles. The van der Waals surface area contributed by atoms with Gasteiger partial charge in [0.05, 0.1) is 6.10 Å². The molecule has 1 saturated heterocycles. The Kier molecular flexibility index (Phi) is 5.22. The van der Waals surface area contributed by atoms with Gasteiger partial charge in [0.2, 0.25) is 0 Å².